The summed E-state index contributed by atoms with van der Waals surface area (Å²) < 4.78 is 5.07. The van der Waals surface area contributed by atoms with Crippen LogP contribution in [0.3, 0.4) is 0 Å². The number of rotatable bonds is 7. The van der Waals surface area contributed by atoms with Gasteiger partial charge in [0.1, 0.15) is 5.92 Å². The van der Waals surface area contributed by atoms with Crippen LogP contribution < -0.4 is 25.7 Å². The summed E-state index contributed by atoms with van der Waals surface area (Å²) in [4.78, 5) is 41.5. The molecule has 2 aliphatic heterocycles. The molecule has 3 aliphatic rings. The molecule has 0 radical (unpaired) electrons. The maximum Gasteiger partial charge on any atom is 2.00 e. The third kappa shape index (κ3) is 7.36. The van der Waals surface area contributed by atoms with Crippen molar-refractivity contribution in [3.05, 3.63) is 90.1 Å². The van der Waals surface area contributed by atoms with E-state index in [-0.39, 0.29) is 34.8 Å². The number of ketones is 1. The molecule has 49 heavy (non-hydrogen) atoms. The molecule has 256 valence electrons. The number of carbonyl (C=O) groups excluding carboxylic acids is 2. The molecule has 7 nitrogen and oxygen atoms in total. The van der Waals surface area contributed by atoms with Crippen LogP contribution >= 0.6 is 0 Å². The number of hydrogen-bond acceptors (Lipinski definition) is 3. The van der Waals surface area contributed by atoms with Gasteiger partial charge in [0.05, 0.1) is 7.11 Å². The van der Waals surface area contributed by atoms with E-state index in [4.69, 9.17) is 25.0 Å². The number of Topliss-reactive ketones (excluding diaryl/α,β-unsaturated/α-hetero) is 1. The Kier molecular flexibility index (Phi) is 12.2. The first-order valence-electron chi connectivity index (χ1n) is 17.4. The van der Waals surface area contributed by atoms with Crippen molar-refractivity contribution in [2.45, 2.75) is 94.4 Å². The molecule has 2 atom stereocenters. The SMILES string of the molecule is C=Cc1c2[n-]c(c1C)/C=C1\[N-]/C(=C3\c4[n-]c(c(C)c4C(=O)[C@@H]3C(=O)OC)/C=c3\[n-]/c(c(C)c3CC)=C\2)C[C@@H]1C.CC(C)CCCC(C)C.[Mg+2]. The van der Waals surface area contributed by atoms with Crippen LogP contribution in [-0.2, 0) is 16.0 Å². The Morgan fingerprint density at radius 1 is 0.939 bits per heavy atom. The normalized spacial score (nSPS) is 21.5. The van der Waals surface area contributed by atoms with Crippen LogP contribution in [0.2, 0.25) is 0 Å². The van der Waals surface area contributed by atoms with Gasteiger partial charge in [0.2, 0.25) is 0 Å². The average molecular weight is 671 g/mol. The minimum Gasteiger partial charge on any atom is -0.664 e. The van der Waals surface area contributed by atoms with Crippen molar-refractivity contribution < 1.29 is 14.3 Å². The summed E-state index contributed by atoms with van der Waals surface area (Å²) >= 11 is 0. The van der Waals surface area contributed by atoms with E-state index in [0.717, 1.165) is 73.9 Å². The molecule has 6 rings (SSSR count). The predicted molar refractivity (Wildman–Crippen MR) is 201 cm³/mol. The van der Waals surface area contributed by atoms with E-state index in [1.54, 1.807) is 0 Å². The fourth-order valence-corrected chi connectivity index (χ4v) is 7.09. The molecule has 0 spiro atoms. The predicted octanol–water partition coefficient (Wildman–Crippen LogP) is 6.90. The molecule has 0 saturated carbocycles. The maximum absolute atomic E-state index is 13.7. The standard InChI is InChI=1S/C32H31N4O3.C9H20.Mg/c1-8-18-15(4)21-11-20-14(3)10-26(33-20)28-29(32(38)39-7)31(37)27-17(6)23(36-30(27)28)13-25-19(9-2)16(5)22(35-25)12-24(18)34-21;1-8(2)6-5-7-9(3)4;/h8,11-14,29H,1,9-10H2,2-7H3,(H-,33,36,37);8-9H,5-7H2,1-4H3;/q-3;;+2/p-1/b20-11-,22-12-,25-13-;;/t14-,29+;;/m0../s1. The van der Waals surface area contributed by atoms with Crippen LogP contribution in [0.4, 0.5) is 0 Å². The van der Waals surface area contributed by atoms with Crippen molar-refractivity contribution in [1.82, 2.24) is 15.0 Å². The third-order valence-corrected chi connectivity index (χ3v) is 9.94. The molecule has 1 fully saturated rings. The molecule has 3 aromatic rings. The summed E-state index contributed by atoms with van der Waals surface area (Å²) in [5, 5.41) is 6.65. The number of fused-ring (bicyclic) bond motifs is 7. The quantitative estimate of drug-likeness (QED) is 0.154. The van der Waals surface area contributed by atoms with Crippen molar-refractivity contribution in [2.75, 3.05) is 7.11 Å². The average Bonchev–Trinajstić information content (AvgIpc) is 3.78. The number of hydrogen-bond donors (Lipinski definition) is 0. The largest absolute Gasteiger partial charge is 2.00 e. The molecule has 3 aromatic heterocycles. The van der Waals surface area contributed by atoms with E-state index >= 15 is 0 Å². The van der Waals surface area contributed by atoms with Gasteiger partial charge in [-0.15, -0.1) is 33.5 Å². The smallest absolute Gasteiger partial charge is 0.664 e. The number of nitrogens with zero attached hydrogens (tertiary/aromatic N) is 4. The Morgan fingerprint density at radius 3 is 2.16 bits per heavy atom. The van der Waals surface area contributed by atoms with E-state index in [2.05, 4.69) is 55.0 Å². The number of ether oxygens (including phenoxy) is 1. The molecule has 0 aromatic carbocycles. The third-order valence-electron chi connectivity index (χ3n) is 9.94. The maximum atomic E-state index is 13.7. The fraction of sp³-hybridized carbons (Fsp3) is 0.463. The van der Waals surface area contributed by atoms with Crippen molar-refractivity contribution in [2.24, 2.45) is 23.7 Å². The monoisotopic (exact) mass is 670 g/mol. The van der Waals surface area contributed by atoms with Crippen LogP contribution in [0.5, 0.6) is 0 Å². The molecular formula is C41H50MgN4O3-2. The van der Waals surface area contributed by atoms with Crippen LogP contribution in [0.15, 0.2) is 18.0 Å². The summed E-state index contributed by atoms with van der Waals surface area (Å²) in [7, 11) is 1.31. The number of allylic oxidation sites excluding steroid dienone is 2. The van der Waals surface area contributed by atoms with Gasteiger partial charge in [-0.25, -0.2) is 0 Å². The van der Waals surface area contributed by atoms with E-state index in [1.807, 2.05) is 38.2 Å². The molecule has 0 amide bonds. The summed E-state index contributed by atoms with van der Waals surface area (Å²) in [6.07, 6.45) is 13.4. The molecular weight excluding hydrogens is 621 g/mol. The number of aromatic nitrogens is 3. The molecule has 8 heteroatoms. The van der Waals surface area contributed by atoms with Crippen molar-refractivity contribution in [3.63, 3.8) is 0 Å². The molecule has 5 heterocycles. The van der Waals surface area contributed by atoms with E-state index in [0.29, 0.717) is 34.6 Å². The first kappa shape index (κ1) is 38.3. The summed E-state index contributed by atoms with van der Waals surface area (Å²) in [6, 6.07) is 0. The summed E-state index contributed by atoms with van der Waals surface area (Å²) in [5.74, 6) is -0.0700. The zero-order valence-corrected chi connectivity index (χ0v) is 32.5. The Labute approximate surface area is 308 Å². The van der Waals surface area contributed by atoms with E-state index < -0.39 is 11.9 Å². The molecule has 0 unspecified atom stereocenters. The topological polar surface area (TPSA) is 99.8 Å². The molecule has 1 aliphatic carbocycles. The van der Waals surface area contributed by atoms with Gasteiger partial charge >= 0.3 is 29.0 Å². The Hall–Kier alpha value is -3.49. The van der Waals surface area contributed by atoms with Gasteiger partial charge in [0.15, 0.2) is 5.78 Å². The second kappa shape index (κ2) is 15.6. The van der Waals surface area contributed by atoms with Gasteiger partial charge < -0.3 is 25.0 Å². The van der Waals surface area contributed by atoms with Gasteiger partial charge in [0.25, 0.3) is 0 Å². The molecule has 8 bridgehead atoms. The Balaban J connectivity index is 0.000000478. The molecule has 1 saturated heterocycles. The van der Waals surface area contributed by atoms with Crippen molar-refractivity contribution >= 4 is 64.7 Å². The second-order valence-corrected chi connectivity index (χ2v) is 14.3. The van der Waals surface area contributed by atoms with Crippen LogP contribution in [0.25, 0.3) is 35.2 Å². The van der Waals surface area contributed by atoms with Crippen molar-refractivity contribution in [3.8, 4) is 0 Å². The fourth-order valence-electron chi connectivity index (χ4n) is 7.09. The number of esters is 1. The van der Waals surface area contributed by atoms with Crippen LogP contribution in [0, 0.1) is 44.4 Å². The summed E-state index contributed by atoms with van der Waals surface area (Å²) in [6.45, 7) is 23.4. The Morgan fingerprint density at radius 2 is 1.57 bits per heavy atom. The second-order valence-electron chi connectivity index (χ2n) is 14.3. The van der Waals surface area contributed by atoms with Gasteiger partial charge in [-0.2, -0.15) is 11.4 Å². The summed E-state index contributed by atoms with van der Waals surface area (Å²) in [5.41, 5.74) is 10.4. The van der Waals surface area contributed by atoms with Gasteiger partial charge in [-0.1, -0.05) is 120 Å². The minimum atomic E-state index is -1.06. The number of carbonyl (C=O) groups is 2. The van der Waals surface area contributed by atoms with Crippen molar-refractivity contribution in [1.29, 1.82) is 0 Å². The minimum absolute atomic E-state index is 0. The zero-order chi connectivity index (χ0) is 35.0. The Bertz CT molecular complexity index is 1940. The van der Waals surface area contributed by atoms with Crippen LogP contribution in [-0.4, -0.2) is 41.9 Å². The van der Waals surface area contributed by atoms with Gasteiger partial charge in [-0.3, -0.25) is 9.59 Å². The number of methoxy groups -OCH3 is 1. The first-order valence-corrected chi connectivity index (χ1v) is 17.4. The van der Waals surface area contributed by atoms with Crippen LogP contribution in [0.1, 0.15) is 128 Å². The van der Waals surface area contributed by atoms with E-state index in [1.165, 1.54) is 26.4 Å². The van der Waals surface area contributed by atoms with E-state index in [9.17, 15) is 9.59 Å². The van der Waals surface area contributed by atoms with Gasteiger partial charge in [-0.05, 0) is 56.9 Å². The van der Waals surface area contributed by atoms with Gasteiger partial charge in [0, 0.05) is 5.56 Å². The zero-order valence-electron chi connectivity index (χ0n) is 31.1. The first-order chi connectivity index (χ1) is 22.8. The molecule has 0 N–H and O–H groups in total.